The van der Waals surface area contributed by atoms with Crippen molar-refractivity contribution in [3.63, 3.8) is 0 Å². The van der Waals surface area contributed by atoms with E-state index in [4.69, 9.17) is 19.6 Å². The highest BCUT2D eigenvalue weighted by Crippen LogP contribution is 2.37. The quantitative estimate of drug-likeness (QED) is 0.0180. The number of amides is 6. The molecule has 0 aliphatic carbocycles. The third-order valence-corrected chi connectivity index (χ3v) is 21.3. The molecule has 8 N–H and O–H groups in total. The van der Waals surface area contributed by atoms with Crippen LogP contribution in [-0.2, 0) is 58.7 Å². The number of esters is 1. The van der Waals surface area contributed by atoms with Gasteiger partial charge in [0, 0.05) is 51.8 Å². The van der Waals surface area contributed by atoms with E-state index in [2.05, 4.69) is 71.6 Å². The normalized spacial score (nSPS) is 15.3. The zero-order chi connectivity index (χ0) is 67.1. The average molecular weight is 1260 g/mol. The summed E-state index contributed by atoms with van der Waals surface area (Å²) < 4.78 is 19.1. The number of hydrogen-bond acceptors (Lipinski definition) is 13. The first-order chi connectivity index (χ1) is 41.6. The number of nitrogens with two attached hydrogens (primary N) is 1. The smallest absolute Gasteiger partial charge is 0.329 e. The standard InChI is InChI=1S/C68H105N7O13Si/c1-18-44(7)57(72-61(79)52(69)31-26-38-86-89(68(13,14)15,50-27-22-20-23-28-50)51-29-24-21-25-30-51)64(82)75(17)54(40-47-32-35-49(36-33-47)88-67(10,11)12)62(80)73-58(45(8)19-2)66(85)87-46(9)59(63(81)71-53(65(83)84)39-42(3)4)74-60(78)48(34-37-56(77)70-16)41-55(76)43(5)6/h20-25,27-30,32-33,35-36,42-46,48,52-54,57-59H,18-19,26,31,34,37-41,69H2,1-17H3,(H,70,77)(H,71,81)(H,72,79)(H,73,80)(H,74,78)(H,83,84)/t44-,45-,46+,48+,52-,53-,54-,57-,58-,59-/m0/s1. The van der Waals surface area contributed by atoms with Gasteiger partial charge in [0.1, 0.15) is 53.4 Å². The molecule has 0 fully saturated rings. The van der Waals surface area contributed by atoms with E-state index < -0.39 is 127 Å². The van der Waals surface area contributed by atoms with Crippen LogP contribution in [0.3, 0.4) is 0 Å². The Morgan fingerprint density at radius 3 is 1.67 bits per heavy atom. The lowest BCUT2D eigenvalue weighted by Crippen LogP contribution is -2.66. The summed E-state index contributed by atoms with van der Waals surface area (Å²) in [5, 5.41) is 25.4. The minimum absolute atomic E-state index is 0.0157. The van der Waals surface area contributed by atoms with E-state index in [9.17, 15) is 38.7 Å². The molecule has 89 heavy (non-hydrogen) atoms. The number of aliphatic carboxylic acids is 1. The number of rotatable bonds is 36. The number of carboxylic acid groups (broad SMARTS) is 1. The predicted molar refractivity (Wildman–Crippen MR) is 348 cm³/mol. The Morgan fingerprint density at radius 1 is 0.663 bits per heavy atom. The summed E-state index contributed by atoms with van der Waals surface area (Å²) in [6.45, 7) is 28.0. The number of hydrogen-bond donors (Lipinski definition) is 7. The molecule has 0 radical (unpaired) electrons. The number of carbonyl (C=O) groups excluding carboxylic acids is 8. The van der Waals surface area contributed by atoms with Crippen LogP contribution in [0.4, 0.5) is 0 Å². The Bertz CT molecular complexity index is 2750. The van der Waals surface area contributed by atoms with Gasteiger partial charge in [0.05, 0.1) is 6.04 Å². The Balaban J connectivity index is 2.03. The van der Waals surface area contributed by atoms with Crippen LogP contribution in [0, 0.1) is 29.6 Å². The van der Waals surface area contributed by atoms with Crippen molar-refractivity contribution < 1.29 is 62.2 Å². The molecule has 0 bridgehead atoms. The molecule has 0 spiro atoms. The Labute approximate surface area is 530 Å². The number of carboxylic acids is 1. The molecule has 0 saturated heterocycles. The summed E-state index contributed by atoms with van der Waals surface area (Å²) in [7, 11) is 0.00594. The maximum absolute atomic E-state index is 15.1. The molecule has 3 aromatic carbocycles. The minimum Gasteiger partial charge on any atom is -0.488 e. The monoisotopic (exact) mass is 1260 g/mol. The molecule has 6 amide bonds. The van der Waals surface area contributed by atoms with E-state index in [-0.39, 0.29) is 55.3 Å². The summed E-state index contributed by atoms with van der Waals surface area (Å²) >= 11 is 0. The highest BCUT2D eigenvalue weighted by Gasteiger charge is 2.50. The van der Waals surface area contributed by atoms with Gasteiger partial charge in [-0.3, -0.25) is 33.6 Å². The fraction of sp³-hybridized carbons (Fsp3) is 0.603. The lowest BCUT2D eigenvalue weighted by Gasteiger charge is -2.43. The fourth-order valence-corrected chi connectivity index (χ4v) is 15.1. The number of Topliss-reactive ketones (excluding diaryl/α,β-unsaturated/α-hetero) is 1. The Hall–Kier alpha value is -6.97. The molecular formula is C68H105N7O13Si. The SMILES string of the molecule is CC[C@H](C)[C@H](NC(=O)[C@H](Cc1ccc(OC(C)(C)C)cc1)N(C)C(=O)[C@@H](NC(=O)[C@@H](N)CCCO[Si](c1ccccc1)(c1ccccc1)C(C)(C)C)[C@@H](C)CC)C(=O)O[C@H](C)[C@H](NC(=O)[C@H](CCC(=O)NC)CC(=O)C(C)C)C(=O)N[C@@H](CC(C)C)C(=O)O. The second-order valence-corrected chi connectivity index (χ2v) is 30.7. The molecule has 494 valence electrons. The highest BCUT2D eigenvalue weighted by atomic mass is 28.4. The van der Waals surface area contributed by atoms with E-state index in [0.29, 0.717) is 37.2 Å². The van der Waals surface area contributed by atoms with Crippen LogP contribution in [0.5, 0.6) is 5.75 Å². The Kier molecular flexibility index (Phi) is 30.4. The van der Waals surface area contributed by atoms with Gasteiger partial charge in [0.2, 0.25) is 35.4 Å². The van der Waals surface area contributed by atoms with Gasteiger partial charge in [-0.1, -0.05) is 162 Å². The fourth-order valence-electron chi connectivity index (χ4n) is 10.5. The van der Waals surface area contributed by atoms with E-state index in [1.54, 1.807) is 65.8 Å². The molecule has 0 saturated carbocycles. The molecular weight excluding hydrogens is 1150 g/mol. The summed E-state index contributed by atoms with van der Waals surface area (Å²) in [6, 6.07) is 19.5. The highest BCUT2D eigenvalue weighted by molar-refractivity contribution is 6.99. The van der Waals surface area contributed by atoms with Crippen molar-refractivity contribution >= 4 is 71.9 Å². The van der Waals surface area contributed by atoms with E-state index in [1.807, 2.05) is 71.0 Å². The summed E-state index contributed by atoms with van der Waals surface area (Å²) in [5.41, 5.74) is 6.75. The predicted octanol–water partition coefficient (Wildman–Crippen LogP) is 6.77. The van der Waals surface area contributed by atoms with Gasteiger partial charge >= 0.3 is 11.9 Å². The molecule has 0 aliphatic rings. The molecule has 0 unspecified atom stereocenters. The molecule has 3 rings (SSSR count). The first kappa shape index (κ1) is 76.3. The number of carbonyl (C=O) groups is 9. The van der Waals surface area contributed by atoms with E-state index >= 15 is 9.59 Å². The van der Waals surface area contributed by atoms with Crippen molar-refractivity contribution in [3.8, 4) is 5.75 Å². The zero-order valence-corrected chi connectivity index (χ0v) is 57.0. The lowest BCUT2D eigenvalue weighted by atomic mass is 9.91. The van der Waals surface area contributed by atoms with Crippen LogP contribution in [0.15, 0.2) is 84.9 Å². The van der Waals surface area contributed by atoms with Crippen molar-refractivity contribution in [2.75, 3.05) is 20.7 Å². The largest absolute Gasteiger partial charge is 0.488 e. The lowest BCUT2D eigenvalue weighted by molar-refractivity contribution is -0.158. The van der Waals surface area contributed by atoms with Gasteiger partial charge in [0.25, 0.3) is 8.32 Å². The summed E-state index contributed by atoms with van der Waals surface area (Å²) in [4.78, 5) is 127. The van der Waals surface area contributed by atoms with Crippen LogP contribution in [0.25, 0.3) is 0 Å². The van der Waals surface area contributed by atoms with Crippen LogP contribution in [-0.4, -0.2) is 140 Å². The van der Waals surface area contributed by atoms with Gasteiger partial charge < -0.3 is 56.2 Å². The first-order valence-electron chi connectivity index (χ1n) is 31.6. The third-order valence-electron chi connectivity index (χ3n) is 16.3. The molecule has 10 atom stereocenters. The Morgan fingerprint density at radius 2 is 1.19 bits per heavy atom. The van der Waals surface area contributed by atoms with Crippen molar-refractivity contribution in [2.45, 2.75) is 215 Å². The van der Waals surface area contributed by atoms with Gasteiger partial charge in [-0.25, -0.2) is 9.59 Å². The maximum atomic E-state index is 15.1. The average Bonchev–Trinajstić information content (AvgIpc) is 0.830. The number of nitrogens with one attached hydrogen (secondary N) is 5. The van der Waals surface area contributed by atoms with Gasteiger partial charge in [0.15, 0.2) is 0 Å². The minimum atomic E-state index is -2.88. The van der Waals surface area contributed by atoms with Gasteiger partial charge in [-0.05, 0) is 104 Å². The van der Waals surface area contributed by atoms with Crippen LogP contribution < -0.4 is 47.4 Å². The van der Waals surface area contributed by atoms with Gasteiger partial charge in [-0.15, -0.1) is 0 Å². The molecule has 21 heteroatoms. The topological polar surface area (TPSA) is 291 Å². The number of nitrogens with zero attached hydrogens (tertiary/aromatic N) is 1. The van der Waals surface area contributed by atoms with E-state index in [1.165, 1.54) is 25.9 Å². The third kappa shape index (κ3) is 23.1. The van der Waals surface area contributed by atoms with Gasteiger partial charge in [-0.2, -0.15) is 0 Å². The second-order valence-electron chi connectivity index (χ2n) is 26.4. The van der Waals surface area contributed by atoms with Crippen LogP contribution >= 0.6 is 0 Å². The molecule has 20 nitrogen and oxygen atoms in total. The summed E-state index contributed by atoms with van der Waals surface area (Å²) in [5.74, 6) is -9.00. The number of benzene rings is 3. The second kappa shape index (κ2) is 35.4. The van der Waals surface area contributed by atoms with Crippen molar-refractivity contribution in [3.05, 3.63) is 90.5 Å². The number of ketones is 1. The van der Waals surface area contributed by atoms with Crippen molar-refractivity contribution in [1.29, 1.82) is 0 Å². The zero-order valence-electron chi connectivity index (χ0n) is 56.0. The van der Waals surface area contributed by atoms with Crippen LogP contribution in [0.1, 0.15) is 161 Å². The van der Waals surface area contributed by atoms with Crippen molar-refractivity contribution in [2.24, 2.45) is 35.3 Å². The van der Waals surface area contributed by atoms with Crippen LogP contribution in [0.2, 0.25) is 5.04 Å². The maximum Gasteiger partial charge on any atom is 0.329 e. The number of likely N-dealkylation sites (N-methyl/N-ethyl adjacent to an activating group) is 1. The molecule has 3 aromatic rings. The summed E-state index contributed by atoms with van der Waals surface area (Å²) in [6.07, 6.45) is -0.586. The molecule has 0 aromatic heterocycles. The molecule has 0 heterocycles. The van der Waals surface area contributed by atoms with Crippen molar-refractivity contribution in [1.82, 2.24) is 31.5 Å². The molecule has 0 aliphatic heterocycles. The first-order valence-corrected chi connectivity index (χ1v) is 33.5. The number of ether oxygens (including phenoxy) is 2. The van der Waals surface area contributed by atoms with E-state index in [0.717, 1.165) is 10.4 Å².